The van der Waals surface area contributed by atoms with E-state index in [1.165, 1.54) is 45.4 Å². The Bertz CT molecular complexity index is 2640. The molecule has 0 radical (unpaired) electrons. The third kappa shape index (κ3) is 11.1. The molecule has 18 heteroatoms. The zero-order chi connectivity index (χ0) is 47.1. The summed E-state index contributed by atoms with van der Waals surface area (Å²) >= 11 is 11.9. The fourth-order valence-electron chi connectivity index (χ4n) is 7.18. The van der Waals surface area contributed by atoms with E-state index in [9.17, 15) is 29.5 Å². The summed E-state index contributed by atoms with van der Waals surface area (Å²) in [6, 6.07) is 16.0. The van der Waals surface area contributed by atoms with Gasteiger partial charge in [0.2, 0.25) is 17.7 Å². The van der Waals surface area contributed by atoms with Crippen molar-refractivity contribution in [2.24, 2.45) is 5.41 Å². The van der Waals surface area contributed by atoms with Gasteiger partial charge in [-0.1, -0.05) is 62.6 Å². The summed E-state index contributed by atoms with van der Waals surface area (Å²) in [4.78, 5) is 61.7. The highest BCUT2D eigenvalue weighted by Crippen LogP contribution is 2.38. The van der Waals surface area contributed by atoms with Crippen molar-refractivity contribution in [3.63, 3.8) is 0 Å². The number of aliphatic hydroxyl groups excluding tert-OH is 1. The molecule has 15 nitrogen and oxygen atoms in total. The number of aromatic nitrogens is 1. The van der Waals surface area contributed by atoms with E-state index < -0.39 is 59.3 Å². The summed E-state index contributed by atoms with van der Waals surface area (Å²) in [5.41, 5.74) is 0.624. The number of halogens is 2. The maximum atomic E-state index is 15.3. The molecule has 4 aromatic rings. The average Bonchev–Trinajstić information content (AvgIpc) is 3.98. The second kappa shape index (κ2) is 20.4. The number of nitrogens with one attached hydrogen (secondary N) is 2. The molecule has 2 saturated heterocycles. The number of hydrogen-bond donors (Lipinski definition) is 3. The Morgan fingerprint density at radius 3 is 2.43 bits per heavy atom. The van der Waals surface area contributed by atoms with Gasteiger partial charge in [0.1, 0.15) is 43.5 Å². The Labute approximate surface area is 385 Å². The van der Waals surface area contributed by atoms with E-state index in [1.54, 1.807) is 52.9 Å². The molecule has 3 heterocycles. The highest BCUT2D eigenvalue weighted by atomic mass is 35.5. The van der Waals surface area contributed by atoms with Gasteiger partial charge in [-0.2, -0.15) is 5.26 Å². The van der Waals surface area contributed by atoms with E-state index in [2.05, 4.69) is 39.3 Å². The van der Waals surface area contributed by atoms with Crippen LogP contribution in [0.3, 0.4) is 0 Å². The van der Waals surface area contributed by atoms with E-state index in [1.807, 2.05) is 30.3 Å². The lowest BCUT2D eigenvalue weighted by Crippen LogP contribution is -2.58. The Hall–Kier alpha value is -6.81. The van der Waals surface area contributed by atoms with Crippen LogP contribution in [0.15, 0.2) is 77.7 Å². The van der Waals surface area contributed by atoms with Gasteiger partial charge < -0.3 is 39.4 Å². The molecule has 65 heavy (non-hydrogen) atoms. The van der Waals surface area contributed by atoms with Crippen molar-refractivity contribution in [2.75, 3.05) is 36.2 Å². The van der Waals surface area contributed by atoms with Crippen LogP contribution >= 0.6 is 23.8 Å². The van der Waals surface area contributed by atoms with Gasteiger partial charge in [0.15, 0.2) is 28.8 Å². The maximum absolute atomic E-state index is 15.3. The van der Waals surface area contributed by atoms with Gasteiger partial charge >= 0.3 is 0 Å². The van der Waals surface area contributed by atoms with Gasteiger partial charge in [0.25, 0.3) is 5.91 Å². The molecule has 0 bridgehead atoms. The van der Waals surface area contributed by atoms with Gasteiger partial charge in [0, 0.05) is 36.8 Å². The van der Waals surface area contributed by atoms with Crippen molar-refractivity contribution in [1.82, 2.24) is 20.5 Å². The first kappa shape index (κ1) is 47.7. The molecular formula is C47H45ClFN7O8S. The van der Waals surface area contributed by atoms with Crippen LogP contribution in [0.25, 0.3) is 11.3 Å². The summed E-state index contributed by atoms with van der Waals surface area (Å²) in [6.45, 7) is 7.98. The number of rotatable bonds is 13. The SMILES string of the molecule is CC(C)(C)[C@H](NC(=O)COCC#CC#CCOc1ccc(N2C(=S)N(c3ccc(C#N)c(Cl)c3)C(=O)C2(C)C)cc1F)C(=O)N1C[C@H](O)C[C@H]1C(=O)NCc1ccc(-c2cnco2)cc1. The van der Waals surface area contributed by atoms with Crippen molar-refractivity contribution in [1.29, 1.82) is 5.26 Å². The number of amides is 4. The monoisotopic (exact) mass is 921 g/mol. The fourth-order valence-corrected chi connectivity index (χ4v) is 7.92. The topological polar surface area (TPSA) is 191 Å². The fraction of sp³-hybridized carbons (Fsp3) is 0.340. The third-order valence-electron chi connectivity index (χ3n) is 10.5. The first-order valence-corrected chi connectivity index (χ1v) is 21.1. The summed E-state index contributed by atoms with van der Waals surface area (Å²) in [6.07, 6.45) is 2.07. The van der Waals surface area contributed by atoms with Crippen molar-refractivity contribution in [3.8, 4) is 46.8 Å². The molecule has 336 valence electrons. The lowest BCUT2D eigenvalue weighted by atomic mass is 9.85. The van der Waals surface area contributed by atoms with Crippen LogP contribution in [0.1, 0.15) is 52.2 Å². The number of hydrogen-bond acceptors (Lipinski definition) is 11. The summed E-state index contributed by atoms with van der Waals surface area (Å²) < 4.78 is 31.4. The Kier molecular flexibility index (Phi) is 14.9. The molecule has 3 aromatic carbocycles. The number of ether oxygens (including phenoxy) is 2. The van der Waals surface area contributed by atoms with E-state index in [0.29, 0.717) is 17.1 Å². The molecule has 2 fully saturated rings. The van der Waals surface area contributed by atoms with E-state index >= 15 is 4.39 Å². The number of anilines is 2. The largest absolute Gasteiger partial charge is 0.478 e. The smallest absolute Gasteiger partial charge is 0.259 e. The Morgan fingerprint density at radius 2 is 1.78 bits per heavy atom. The Balaban J connectivity index is 0.956. The number of thiocarbonyl (C=S) groups is 1. The second-order valence-corrected chi connectivity index (χ2v) is 17.4. The second-order valence-electron chi connectivity index (χ2n) is 16.6. The number of likely N-dealkylation sites (tertiary alicyclic amines) is 1. The number of nitriles is 1. The number of aliphatic hydroxyl groups is 1. The molecule has 2 aliphatic heterocycles. The summed E-state index contributed by atoms with van der Waals surface area (Å²) in [5, 5.41) is 25.6. The van der Waals surface area contributed by atoms with E-state index in [4.69, 9.17) is 37.7 Å². The zero-order valence-corrected chi connectivity index (χ0v) is 37.7. The third-order valence-corrected chi connectivity index (χ3v) is 11.2. The minimum Gasteiger partial charge on any atom is -0.478 e. The van der Waals surface area contributed by atoms with E-state index in [0.717, 1.165) is 11.1 Å². The van der Waals surface area contributed by atoms with E-state index in [-0.39, 0.29) is 60.1 Å². The molecule has 0 spiro atoms. The number of nitrogens with zero attached hydrogens (tertiary/aromatic N) is 5. The molecule has 0 unspecified atom stereocenters. The molecular weight excluding hydrogens is 877 g/mol. The first-order valence-electron chi connectivity index (χ1n) is 20.3. The first-order chi connectivity index (χ1) is 30.9. The molecule has 1 aromatic heterocycles. The van der Waals surface area contributed by atoms with Crippen molar-refractivity contribution >= 4 is 63.9 Å². The molecule has 2 aliphatic rings. The number of benzene rings is 3. The van der Waals surface area contributed by atoms with Gasteiger partial charge in [-0.3, -0.25) is 24.1 Å². The quantitative estimate of drug-likeness (QED) is 0.0912. The minimum absolute atomic E-state index is 0.0459. The highest BCUT2D eigenvalue weighted by Gasteiger charge is 2.50. The molecule has 6 rings (SSSR count). The predicted molar refractivity (Wildman–Crippen MR) is 242 cm³/mol. The maximum Gasteiger partial charge on any atom is 0.259 e. The van der Waals surface area contributed by atoms with Crippen LogP contribution in [0, 0.1) is 46.2 Å². The van der Waals surface area contributed by atoms with Crippen LogP contribution in [-0.4, -0.2) is 93.8 Å². The summed E-state index contributed by atoms with van der Waals surface area (Å²) in [5.74, 6) is 8.36. The lowest BCUT2D eigenvalue weighted by Gasteiger charge is -2.35. The molecule has 0 saturated carbocycles. The Morgan fingerprint density at radius 1 is 1.08 bits per heavy atom. The van der Waals surface area contributed by atoms with Crippen LogP contribution in [0.2, 0.25) is 5.02 Å². The zero-order valence-electron chi connectivity index (χ0n) is 36.1. The average molecular weight is 922 g/mol. The van der Waals surface area contributed by atoms with Gasteiger partial charge in [-0.15, -0.1) is 0 Å². The number of β-amino-alcohol motifs (C(OH)–C–C–N with tert-alkyl or cyclic N) is 1. The van der Waals surface area contributed by atoms with Crippen LogP contribution in [0.4, 0.5) is 15.8 Å². The van der Waals surface area contributed by atoms with Gasteiger partial charge in [-0.05, 0) is 85.1 Å². The highest BCUT2D eigenvalue weighted by molar-refractivity contribution is 7.81. The van der Waals surface area contributed by atoms with Crippen LogP contribution in [0.5, 0.6) is 5.75 Å². The van der Waals surface area contributed by atoms with Crippen molar-refractivity contribution in [3.05, 3.63) is 95.2 Å². The molecule has 0 aliphatic carbocycles. The van der Waals surface area contributed by atoms with Crippen LogP contribution in [-0.2, 0) is 30.5 Å². The molecule has 3 atom stereocenters. The number of oxazole rings is 1. The standard InChI is InChI=1S/C47H45ClFN7O8S/c1-46(2,3)41(43(60)54-26-34(57)22-37(54)42(59)52-24-29-10-12-30(13-11-29)39-25-51-28-64-39)53-40(58)27-62-18-8-6-7-9-19-63-38-17-16-33(21-36(38)49)56-45(65)55(44(61)47(56,4)5)32-15-14-31(23-50)35(48)20-32/h10-17,20-21,25,28,34,37,41,57H,18-19,22,24,26-27H2,1-5H3,(H,52,59)(H,53,58)/t34-,37+,41-/m1/s1. The van der Waals surface area contributed by atoms with Crippen molar-refractivity contribution < 1.29 is 42.6 Å². The normalized spacial score (nSPS) is 17.1. The lowest BCUT2D eigenvalue weighted by molar-refractivity contribution is -0.144. The molecule has 3 N–H and O–H groups in total. The minimum atomic E-state index is -1.18. The van der Waals surface area contributed by atoms with Gasteiger partial charge in [-0.25, -0.2) is 9.37 Å². The van der Waals surface area contributed by atoms with Crippen molar-refractivity contribution in [2.45, 2.75) is 71.3 Å². The number of carbonyl (C=O) groups is 4. The van der Waals surface area contributed by atoms with Gasteiger partial charge in [0.05, 0.1) is 28.6 Å². The molecule has 4 amide bonds. The number of carbonyl (C=O) groups excluding carboxylic acids is 4. The van der Waals surface area contributed by atoms with Crippen LogP contribution < -0.4 is 25.2 Å². The predicted octanol–water partition coefficient (Wildman–Crippen LogP) is 5.13. The summed E-state index contributed by atoms with van der Waals surface area (Å²) in [7, 11) is 0.